The van der Waals surface area contributed by atoms with Crippen molar-refractivity contribution >= 4 is 117 Å². The molecule has 10 aromatic heterocycles. The second-order valence-electron chi connectivity index (χ2n) is 29.6. The molecule has 0 bridgehead atoms. The minimum Gasteiger partial charge on any atom is -0.453 e. The number of fused-ring (bicyclic) bond motifs is 3. The van der Waals surface area contributed by atoms with Crippen molar-refractivity contribution in [3.8, 4) is 54.7 Å². The number of hydrogen-bond donors (Lipinski definition) is 1. The normalized spacial score (nSPS) is 11.3. The van der Waals surface area contributed by atoms with Crippen molar-refractivity contribution in [3.05, 3.63) is 251 Å². The molecule has 0 radical (unpaired) electrons. The topological polar surface area (TPSA) is 211 Å². The van der Waals surface area contributed by atoms with Crippen LogP contribution >= 0.6 is 57.8 Å². The fraction of sp³-hybridized carbons (Fsp3) is 0.292. The molecule has 0 atom stereocenters. The molecular weight excluding hydrogens is 1540 g/mol. The van der Waals surface area contributed by atoms with Crippen LogP contribution in [0.3, 0.4) is 0 Å². The maximum absolute atomic E-state index is 15.1. The third-order valence-corrected chi connectivity index (χ3v) is 21.2. The molecule has 10 heterocycles. The maximum atomic E-state index is 15.1. The number of nitrogens with two attached hydrogens (primary N) is 1. The first-order valence-corrected chi connectivity index (χ1v) is 40.6. The van der Waals surface area contributed by atoms with E-state index >= 15 is 4.39 Å². The summed E-state index contributed by atoms with van der Waals surface area (Å²) in [6, 6.07) is 45.9. The van der Waals surface area contributed by atoms with E-state index in [1.165, 1.54) is 64.1 Å². The number of ketones is 1. The van der Waals surface area contributed by atoms with Crippen LogP contribution in [-0.4, -0.2) is 91.8 Å². The van der Waals surface area contributed by atoms with Gasteiger partial charge in [0.1, 0.15) is 34.3 Å². The molecule has 17 nitrogen and oxygen atoms in total. The molecule has 13 aromatic rings. The number of halogens is 4. The number of ether oxygens (including phenoxy) is 4. The van der Waals surface area contributed by atoms with Crippen molar-refractivity contribution < 1.29 is 46.5 Å². The molecule has 2 N–H and O–H groups in total. The highest BCUT2D eigenvalue weighted by molar-refractivity contribution is 7.80. The van der Waals surface area contributed by atoms with Gasteiger partial charge in [-0.2, -0.15) is 0 Å². The Kier molecular flexibility index (Phi) is 29.7. The molecule has 592 valence electrons. The first kappa shape index (κ1) is 85.8. The van der Waals surface area contributed by atoms with Gasteiger partial charge >= 0.3 is 12.2 Å². The summed E-state index contributed by atoms with van der Waals surface area (Å²) in [5.41, 5.74) is 16.3. The number of benzene rings is 3. The SMILES string of the molecule is CC(C)c1ccc(-c2cc3nccc(Oc4ccc(CC(=S)CC(=O)Cc5ccc(F)cc5)cc4F)c3s2)nc1.CC(C)c1ccc(-c2cc3nccc(Oc4ccc(N)cc4F)c3s2)nc1.CCCN(Cc1cccc(-c2cc3nccc(Cl)c3s2)n1)C(=O)OC(C)(C)C.CCCN(Cc1cccc(C)n1)C(=O)OC(C)(C)C. The second-order valence-corrected chi connectivity index (χ2v) is 33.8. The average molecular weight is 1630 g/mol. The zero-order valence-electron chi connectivity index (χ0n) is 66.0. The number of thiophene rings is 3. The van der Waals surface area contributed by atoms with Crippen LogP contribution in [0.2, 0.25) is 5.02 Å². The van der Waals surface area contributed by atoms with Crippen LogP contribution in [-0.2, 0) is 40.2 Å². The van der Waals surface area contributed by atoms with Gasteiger partial charge in [-0.3, -0.25) is 39.7 Å². The molecule has 13 rings (SSSR count). The maximum Gasteiger partial charge on any atom is 0.410 e. The van der Waals surface area contributed by atoms with Crippen LogP contribution in [0.25, 0.3) is 62.4 Å². The zero-order valence-corrected chi connectivity index (χ0v) is 70.0. The molecule has 3 aromatic carbocycles. The minimum atomic E-state index is -0.526. The first-order chi connectivity index (χ1) is 54.3. The predicted octanol–water partition coefficient (Wildman–Crippen LogP) is 24.4. The number of amides is 2. The van der Waals surface area contributed by atoms with Gasteiger partial charge in [0, 0.05) is 97.8 Å². The van der Waals surface area contributed by atoms with Crippen LogP contribution in [0.1, 0.15) is 154 Å². The minimum absolute atomic E-state index is 0.0693. The summed E-state index contributed by atoms with van der Waals surface area (Å²) < 4.78 is 67.5. The third-order valence-electron chi connectivity index (χ3n) is 17.0. The lowest BCUT2D eigenvalue weighted by molar-refractivity contribution is -0.117. The fourth-order valence-corrected chi connectivity index (χ4v) is 15.2. The molecule has 2 amide bonds. The number of pyridine rings is 7. The number of carbonyl (C=O) groups excluding carboxylic acids is 3. The lowest BCUT2D eigenvalue weighted by Crippen LogP contribution is -2.37. The van der Waals surface area contributed by atoms with Gasteiger partial charge in [-0.1, -0.05) is 108 Å². The van der Waals surface area contributed by atoms with Crippen molar-refractivity contribution in [1.29, 1.82) is 0 Å². The van der Waals surface area contributed by atoms with E-state index < -0.39 is 22.8 Å². The summed E-state index contributed by atoms with van der Waals surface area (Å²) in [5, 5.41) is 0.691. The quantitative estimate of drug-likeness (QED) is 0.0466. The van der Waals surface area contributed by atoms with Gasteiger partial charge in [-0.25, -0.2) is 22.8 Å². The predicted molar refractivity (Wildman–Crippen MR) is 458 cm³/mol. The van der Waals surface area contributed by atoms with E-state index in [1.54, 1.807) is 88.3 Å². The van der Waals surface area contributed by atoms with Gasteiger partial charge in [0.05, 0.1) is 91.9 Å². The number of anilines is 1. The van der Waals surface area contributed by atoms with Crippen LogP contribution in [0.5, 0.6) is 23.0 Å². The Morgan fingerprint density at radius 2 is 0.982 bits per heavy atom. The van der Waals surface area contributed by atoms with Crippen molar-refractivity contribution in [2.45, 2.75) is 158 Å². The van der Waals surface area contributed by atoms with E-state index in [-0.39, 0.29) is 54.5 Å². The largest absolute Gasteiger partial charge is 0.453 e. The number of carbonyl (C=O) groups is 3. The number of Topliss-reactive ketones (excluding diaryl/α,β-unsaturated/α-hetero) is 1. The molecule has 0 aliphatic heterocycles. The van der Waals surface area contributed by atoms with Crippen molar-refractivity contribution in [1.82, 2.24) is 44.7 Å². The summed E-state index contributed by atoms with van der Waals surface area (Å²) in [6.45, 7) is 28.0. The highest BCUT2D eigenvalue weighted by atomic mass is 35.5. The molecule has 0 saturated carbocycles. The highest BCUT2D eigenvalue weighted by Gasteiger charge is 2.25. The van der Waals surface area contributed by atoms with Gasteiger partial charge in [-0.05, 0) is 192 Å². The van der Waals surface area contributed by atoms with E-state index in [2.05, 4.69) is 69.7 Å². The van der Waals surface area contributed by atoms with Crippen LogP contribution in [0.4, 0.5) is 28.4 Å². The van der Waals surface area contributed by atoms with Gasteiger partial charge in [0.15, 0.2) is 23.1 Å². The number of thiocarbonyl (C=S) groups is 1. The van der Waals surface area contributed by atoms with Crippen molar-refractivity contribution in [2.24, 2.45) is 0 Å². The lowest BCUT2D eigenvalue weighted by Gasteiger charge is -2.27. The number of rotatable bonds is 23. The van der Waals surface area contributed by atoms with E-state index in [4.69, 9.17) is 53.5 Å². The molecule has 25 heteroatoms. The molecule has 0 aliphatic carbocycles. The molecule has 0 aliphatic rings. The molecular formula is C89H92ClF3N10O7S4. The summed E-state index contributed by atoms with van der Waals surface area (Å²) in [5.74, 6) is 0.679. The Labute approximate surface area is 685 Å². The summed E-state index contributed by atoms with van der Waals surface area (Å²) in [6.07, 6.45) is 10.5. The van der Waals surface area contributed by atoms with Gasteiger partial charge in [0.2, 0.25) is 0 Å². The summed E-state index contributed by atoms with van der Waals surface area (Å²) in [7, 11) is 0. The Morgan fingerprint density at radius 3 is 1.45 bits per heavy atom. The van der Waals surface area contributed by atoms with E-state index in [1.807, 2.05) is 141 Å². The monoisotopic (exact) mass is 1630 g/mol. The standard InChI is InChI=1S/C32H26F2N2O2S2.C21H24ClN3O2S.C21H18FN3OS.C15H24N2O2/c1-19(2)22-6-9-27(36-18-22)31-17-28-32(40-31)30(11-12-35-28)38-29-10-5-21(15-26(29)34)14-25(39)16-24(37)13-20-3-7-23(33)8-4-20;1-5-11-25(20(26)27-21(2,3)4)13-14-7-6-8-16(24-14)18-12-17-19(28-18)15(22)9-10-23-17;1-12(2)13-3-5-16(25-11-13)20-10-17-21(27-20)19(7-8-24-17)26-18-6-4-14(23)9-15(18)22;1-6-10-17(14(18)19-15(3,4)5)11-13-9-7-8-12(2)16-13/h3-12,15,17-19H,13-14,16H2,1-2H3;6-10,12H,5,11,13H2,1-4H3;3-12H,23H2,1-2H3;7-9H,6,10-11H2,1-5H3. The highest BCUT2D eigenvalue weighted by Crippen LogP contribution is 2.42. The van der Waals surface area contributed by atoms with Crippen molar-refractivity contribution in [3.63, 3.8) is 0 Å². The fourth-order valence-electron chi connectivity index (χ4n) is 11.5. The Morgan fingerprint density at radius 1 is 0.518 bits per heavy atom. The van der Waals surface area contributed by atoms with Crippen LogP contribution in [0, 0.1) is 24.4 Å². The summed E-state index contributed by atoms with van der Waals surface area (Å²) >= 11 is 16.3. The van der Waals surface area contributed by atoms with E-state index in [9.17, 15) is 23.2 Å². The second kappa shape index (κ2) is 39.4. The van der Waals surface area contributed by atoms with Crippen LogP contribution < -0.4 is 15.2 Å². The molecule has 0 spiro atoms. The van der Waals surface area contributed by atoms with E-state index in [0.717, 1.165) is 97.8 Å². The number of nitrogen functional groups attached to an aromatic ring is 1. The van der Waals surface area contributed by atoms with Gasteiger partial charge in [-0.15, -0.1) is 34.0 Å². The Hall–Kier alpha value is -10.6. The smallest absolute Gasteiger partial charge is 0.410 e. The van der Waals surface area contributed by atoms with Gasteiger partial charge in [0.25, 0.3) is 0 Å². The van der Waals surface area contributed by atoms with Crippen LogP contribution in [0.15, 0.2) is 189 Å². The lowest BCUT2D eigenvalue weighted by atomic mass is 10.0. The Balaban J connectivity index is 0.000000166. The number of aromatic nitrogens is 7. The number of nitrogens with zero attached hydrogens (tertiary/aromatic N) is 9. The van der Waals surface area contributed by atoms with E-state index in [0.29, 0.717) is 70.7 Å². The first-order valence-electron chi connectivity index (χ1n) is 37.4. The zero-order chi connectivity index (χ0) is 82.0. The molecule has 114 heavy (non-hydrogen) atoms. The molecule has 0 fully saturated rings. The average Bonchev–Trinajstić information content (AvgIpc) is 1.65. The molecule has 0 unspecified atom stereocenters. The number of aryl methyl sites for hydroxylation is 1. The Bertz CT molecular complexity index is 5480. The van der Waals surface area contributed by atoms with Gasteiger partial charge < -0.3 is 34.5 Å². The summed E-state index contributed by atoms with van der Waals surface area (Å²) in [4.78, 5) is 75.4. The number of hydrogen-bond acceptors (Lipinski definition) is 19. The van der Waals surface area contributed by atoms with Crippen molar-refractivity contribution in [2.75, 3.05) is 18.8 Å². The third kappa shape index (κ3) is 24.7. The molecule has 0 saturated heterocycles.